The molecule has 12 heteroatoms. The van der Waals surface area contributed by atoms with Crippen molar-refractivity contribution >= 4 is 28.3 Å². The Morgan fingerprint density at radius 2 is 1.93 bits per heavy atom. The summed E-state index contributed by atoms with van der Waals surface area (Å²) in [6, 6.07) is 3.32. The number of hydrogen-bond acceptors (Lipinski definition) is 5. The molecule has 1 amide bonds. The smallest absolute Gasteiger partial charge is 0.350 e. The van der Waals surface area contributed by atoms with Gasteiger partial charge in [-0.05, 0) is 25.2 Å². The lowest BCUT2D eigenvalue weighted by molar-refractivity contribution is -0.183. The number of nitrogens with one attached hydrogen (secondary N) is 3. The Morgan fingerprint density at radius 3 is 2.48 bits per heavy atom. The first kappa shape index (κ1) is 23.6. The van der Waals surface area contributed by atoms with Crippen molar-refractivity contribution in [1.29, 1.82) is 0 Å². The molecule has 1 heterocycles. The second-order valence-electron chi connectivity index (χ2n) is 5.79. The van der Waals surface area contributed by atoms with E-state index in [1.54, 1.807) is 0 Å². The van der Waals surface area contributed by atoms with E-state index in [4.69, 9.17) is 0 Å². The fourth-order valence-corrected chi connectivity index (χ4v) is 3.43. The van der Waals surface area contributed by atoms with Gasteiger partial charge in [-0.3, -0.25) is 9.69 Å². The minimum Gasteiger partial charge on any atom is -0.350 e. The lowest BCUT2D eigenvalue weighted by Crippen LogP contribution is -2.57. The van der Waals surface area contributed by atoms with Crippen LogP contribution in [-0.2, 0) is 10.0 Å². The van der Waals surface area contributed by atoms with Crippen molar-refractivity contribution < 1.29 is 26.4 Å². The molecule has 1 atom stereocenters. The highest BCUT2D eigenvalue weighted by Gasteiger charge is 2.43. The highest BCUT2D eigenvalue weighted by molar-refractivity contribution is 7.89. The van der Waals surface area contributed by atoms with Crippen LogP contribution >= 0.6 is 12.4 Å². The molecule has 0 aliphatic carbocycles. The monoisotopic (exact) mass is 430 g/mol. The standard InChI is InChI=1S/C15H21F3N4O3S.ClH/c1-19-26(24,25)12-4-2-3-11(9-12)14(23)21-10-13(15(16,17)18)22-7-5-20-6-8-22;/h2-4,9,13,19-20H,5-8,10H2,1H3,(H,21,23);1H. The molecule has 1 aromatic rings. The second-order valence-corrected chi connectivity index (χ2v) is 7.68. The van der Waals surface area contributed by atoms with E-state index in [9.17, 15) is 26.4 Å². The number of piperazine rings is 1. The number of carbonyl (C=O) groups excluding carboxylic acids is 1. The number of hydrogen-bond donors (Lipinski definition) is 3. The van der Waals surface area contributed by atoms with Crippen LogP contribution in [0.1, 0.15) is 10.4 Å². The van der Waals surface area contributed by atoms with Crippen LogP contribution in [0.3, 0.4) is 0 Å². The molecule has 0 bridgehead atoms. The topological polar surface area (TPSA) is 90.5 Å². The molecule has 1 fully saturated rings. The van der Waals surface area contributed by atoms with Crippen molar-refractivity contribution in [2.45, 2.75) is 17.1 Å². The molecule has 1 aliphatic heterocycles. The van der Waals surface area contributed by atoms with Crippen molar-refractivity contribution in [2.24, 2.45) is 0 Å². The SMILES string of the molecule is CNS(=O)(=O)c1cccc(C(=O)NCC(N2CCNCC2)C(F)(F)F)c1.Cl. The van der Waals surface area contributed by atoms with E-state index in [0.717, 1.165) is 6.07 Å². The third-order valence-corrected chi connectivity index (χ3v) is 5.51. The second kappa shape index (κ2) is 9.69. The molecular weight excluding hydrogens is 409 g/mol. The summed E-state index contributed by atoms with van der Waals surface area (Å²) in [7, 11) is -2.53. The van der Waals surface area contributed by atoms with Crippen molar-refractivity contribution in [3.8, 4) is 0 Å². The van der Waals surface area contributed by atoms with Gasteiger partial charge in [0.2, 0.25) is 10.0 Å². The predicted octanol–water partition coefficient (Wildman–Crippen LogP) is 0.582. The van der Waals surface area contributed by atoms with Crippen molar-refractivity contribution in [2.75, 3.05) is 39.8 Å². The van der Waals surface area contributed by atoms with E-state index < -0.39 is 34.7 Å². The quantitative estimate of drug-likeness (QED) is 0.614. The van der Waals surface area contributed by atoms with Gasteiger partial charge in [-0.15, -0.1) is 12.4 Å². The summed E-state index contributed by atoms with van der Waals surface area (Å²) in [5.74, 6) is -0.762. The summed E-state index contributed by atoms with van der Waals surface area (Å²) in [6.07, 6.45) is -4.48. The Labute approximate surface area is 162 Å². The zero-order valence-electron chi connectivity index (χ0n) is 14.5. The highest BCUT2D eigenvalue weighted by Crippen LogP contribution is 2.25. The molecule has 1 aromatic carbocycles. The van der Waals surface area contributed by atoms with Gasteiger partial charge >= 0.3 is 6.18 Å². The largest absolute Gasteiger partial charge is 0.405 e. The van der Waals surface area contributed by atoms with E-state index in [-0.39, 0.29) is 36.0 Å². The number of rotatable bonds is 6. The summed E-state index contributed by atoms with van der Waals surface area (Å²) >= 11 is 0. The number of sulfonamides is 1. The average Bonchev–Trinajstić information content (AvgIpc) is 2.61. The number of amides is 1. The molecule has 3 N–H and O–H groups in total. The minimum absolute atomic E-state index is 0. The summed E-state index contributed by atoms with van der Waals surface area (Å²) in [6.45, 7) is 0.756. The molecule has 1 unspecified atom stereocenters. The van der Waals surface area contributed by atoms with Gasteiger partial charge < -0.3 is 10.6 Å². The summed E-state index contributed by atoms with van der Waals surface area (Å²) in [5.41, 5.74) is -0.0254. The molecule has 154 valence electrons. The molecule has 0 spiro atoms. The van der Waals surface area contributed by atoms with E-state index in [2.05, 4.69) is 15.4 Å². The van der Waals surface area contributed by atoms with Crippen molar-refractivity contribution in [3.63, 3.8) is 0 Å². The van der Waals surface area contributed by atoms with Crippen LogP contribution in [0.5, 0.6) is 0 Å². The summed E-state index contributed by atoms with van der Waals surface area (Å²) in [5, 5.41) is 5.24. The van der Waals surface area contributed by atoms with Crippen LogP contribution < -0.4 is 15.4 Å². The summed E-state index contributed by atoms with van der Waals surface area (Å²) < 4.78 is 65.6. The Kier molecular flexibility index (Phi) is 8.48. The zero-order valence-corrected chi connectivity index (χ0v) is 16.2. The maximum atomic E-state index is 13.3. The minimum atomic E-state index is -4.48. The first-order valence-electron chi connectivity index (χ1n) is 7.98. The number of benzene rings is 1. The fraction of sp³-hybridized carbons (Fsp3) is 0.533. The van der Waals surface area contributed by atoms with Gasteiger partial charge in [0.25, 0.3) is 5.91 Å². The molecule has 7 nitrogen and oxygen atoms in total. The Hall–Kier alpha value is -1.40. The third-order valence-electron chi connectivity index (χ3n) is 4.10. The van der Waals surface area contributed by atoms with Gasteiger partial charge in [0.05, 0.1) is 4.90 Å². The molecule has 1 aliphatic rings. The van der Waals surface area contributed by atoms with E-state index >= 15 is 0 Å². The van der Waals surface area contributed by atoms with E-state index in [1.165, 1.54) is 30.1 Å². The predicted molar refractivity (Wildman–Crippen MR) is 96.6 cm³/mol. The lowest BCUT2D eigenvalue weighted by atomic mass is 10.1. The van der Waals surface area contributed by atoms with Gasteiger partial charge in [0.15, 0.2) is 0 Å². The van der Waals surface area contributed by atoms with Crippen LogP contribution in [0.15, 0.2) is 29.2 Å². The van der Waals surface area contributed by atoms with Crippen LogP contribution in [0, 0.1) is 0 Å². The molecule has 0 radical (unpaired) electrons. The maximum absolute atomic E-state index is 13.3. The first-order chi connectivity index (χ1) is 12.1. The normalized spacial score (nSPS) is 17.0. The Morgan fingerprint density at radius 1 is 1.30 bits per heavy atom. The van der Waals surface area contributed by atoms with Crippen LogP contribution in [0.2, 0.25) is 0 Å². The van der Waals surface area contributed by atoms with E-state index in [1.807, 2.05) is 0 Å². The molecule has 2 rings (SSSR count). The molecule has 27 heavy (non-hydrogen) atoms. The number of carbonyl (C=O) groups is 1. The third kappa shape index (κ3) is 6.32. The first-order valence-corrected chi connectivity index (χ1v) is 9.47. The van der Waals surface area contributed by atoms with Crippen molar-refractivity contribution in [1.82, 2.24) is 20.3 Å². The molecular formula is C15H22ClF3N4O3S. The van der Waals surface area contributed by atoms with Gasteiger partial charge in [-0.25, -0.2) is 13.1 Å². The number of nitrogens with zero attached hydrogens (tertiary/aromatic N) is 1. The van der Waals surface area contributed by atoms with Gasteiger partial charge in [0, 0.05) is 38.3 Å². The fourth-order valence-electron chi connectivity index (χ4n) is 2.66. The van der Waals surface area contributed by atoms with Crippen LogP contribution in [0.4, 0.5) is 13.2 Å². The Balaban J connectivity index is 0.00000364. The Bertz CT molecular complexity index is 740. The average molecular weight is 431 g/mol. The van der Waals surface area contributed by atoms with Crippen LogP contribution in [-0.4, -0.2) is 71.2 Å². The van der Waals surface area contributed by atoms with Crippen molar-refractivity contribution in [3.05, 3.63) is 29.8 Å². The molecule has 1 saturated heterocycles. The van der Waals surface area contributed by atoms with Gasteiger partial charge in [-0.2, -0.15) is 13.2 Å². The van der Waals surface area contributed by atoms with Gasteiger partial charge in [-0.1, -0.05) is 6.07 Å². The molecule has 0 saturated carbocycles. The zero-order chi connectivity index (χ0) is 19.4. The highest BCUT2D eigenvalue weighted by atomic mass is 35.5. The van der Waals surface area contributed by atoms with Crippen LogP contribution in [0.25, 0.3) is 0 Å². The number of halogens is 4. The lowest BCUT2D eigenvalue weighted by Gasteiger charge is -2.35. The van der Waals surface area contributed by atoms with E-state index in [0.29, 0.717) is 13.1 Å². The number of alkyl halides is 3. The molecule has 0 aromatic heterocycles. The maximum Gasteiger partial charge on any atom is 0.405 e. The summed E-state index contributed by atoms with van der Waals surface area (Å²) in [4.78, 5) is 13.3. The van der Waals surface area contributed by atoms with Gasteiger partial charge in [0.1, 0.15) is 6.04 Å².